The fourth-order valence-electron chi connectivity index (χ4n) is 3.23. The van der Waals surface area contributed by atoms with Crippen molar-refractivity contribution >= 4 is 21.6 Å². The first-order valence-electron chi connectivity index (χ1n) is 9.59. The Kier molecular flexibility index (Phi) is 7.30. The molecule has 0 radical (unpaired) electrons. The quantitative estimate of drug-likeness (QED) is 0.709. The molecule has 0 aliphatic rings. The maximum Gasteiger partial charge on any atom is 0.244 e. The number of hydrogen-bond donors (Lipinski definition) is 1. The summed E-state index contributed by atoms with van der Waals surface area (Å²) >= 11 is 0. The van der Waals surface area contributed by atoms with Crippen molar-refractivity contribution in [2.24, 2.45) is 0 Å². The molecule has 2 unspecified atom stereocenters. The number of amides is 1. The summed E-state index contributed by atoms with van der Waals surface area (Å²) < 4.78 is 31.5. The van der Waals surface area contributed by atoms with Crippen LogP contribution in [0.15, 0.2) is 42.5 Å². The van der Waals surface area contributed by atoms with Gasteiger partial charge in [0.15, 0.2) is 0 Å². The van der Waals surface area contributed by atoms with Crippen LogP contribution in [0.5, 0.6) is 5.75 Å². The van der Waals surface area contributed by atoms with E-state index in [2.05, 4.69) is 5.32 Å². The summed E-state index contributed by atoms with van der Waals surface area (Å²) in [6.45, 7) is 7.75. The van der Waals surface area contributed by atoms with Gasteiger partial charge in [-0.2, -0.15) is 0 Å². The van der Waals surface area contributed by atoms with Gasteiger partial charge in [0.2, 0.25) is 15.9 Å². The number of carbonyl (C=O) groups is 1. The minimum absolute atomic E-state index is 0.248. The van der Waals surface area contributed by atoms with E-state index in [4.69, 9.17) is 4.74 Å². The van der Waals surface area contributed by atoms with Crippen LogP contribution in [0.4, 0.5) is 5.69 Å². The summed E-state index contributed by atoms with van der Waals surface area (Å²) in [6.07, 6.45) is 1.44. The smallest absolute Gasteiger partial charge is 0.244 e. The molecule has 158 valence electrons. The van der Waals surface area contributed by atoms with Crippen molar-refractivity contribution in [3.05, 3.63) is 59.2 Å². The van der Waals surface area contributed by atoms with E-state index in [9.17, 15) is 13.2 Å². The standard InChI is InChI=1S/C22H30N2O4S/c1-7-21(22(25)23-17(4)18-12-11-15(2)16(3)13-18)24(29(6,26)27)19-9-8-10-20(14-19)28-5/h8-14,17,21H,7H2,1-6H3,(H,23,25). The summed E-state index contributed by atoms with van der Waals surface area (Å²) in [7, 11) is -2.18. The molecule has 0 fully saturated rings. The lowest BCUT2D eigenvalue weighted by molar-refractivity contribution is -0.122. The van der Waals surface area contributed by atoms with Crippen molar-refractivity contribution in [3.8, 4) is 5.75 Å². The Morgan fingerprint density at radius 1 is 1.14 bits per heavy atom. The van der Waals surface area contributed by atoms with E-state index < -0.39 is 16.1 Å². The molecule has 1 amide bonds. The summed E-state index contributed by atoms with van der Waals surface area (Å²) in [5.74, 6) is 0.182. The Hall–Kier alpha value is -2.54. The zero-order chi connectivity index (χ0) is 21.8. The summed E-state index contributed by atoms with van der Waals surface area (Å²) in [4.78, 5) is 13.1. The molecule has 0 bridgehead atoms. The molecule has 6 nitrogen and oxygen atoms in total. The van der Waals surface area contributed by atoms with Crippen LogP contribution in [0.1, 0.15) is 43.0 Å². The number of rotatable bonds is 8. The van der Waals surface area contributed by atoms with Crippen LogP contribution >= 0.6 is 0 Å². The minimum Gasteiger partial charge on any atom is -0.497 e. The highest BCUT2D eigenvalue weighted by atomic mass is 32.2. The Labute approximate surface area is 173 Å². The first kappa shape index (κ1) is 22.7. The van der Waals surface area contributed by atoms with Gasteiger partial charge >= 0.3 is 0 Å². The highest BCUT2D eigenvalue weighted by molar-refractivity contribution is 7.92. The number of benzene rings is 2. The van der Waals surface area contributed by atoms with Gasteiger partial charge in [-0.3, -0.25) is 9.10 Å². The Balaban J connectivity index is 2.33. The number of nitrogens with zero attached hydrogens (tertiary/aromatic N) is 1. The van der Waals surface area contributed by atoms with Gasteiger partial charge in [-0.1, -0.05) is 31.2 Å². The summed E-state index contributed by atoms with van der Waals surface area (Å²) in [5, 5.41) is 2.97. The van der Waals surface area contributed by atoms with Crippen LogP contribution < -0.4 is 14.4 Å². The van der Waals surface area contributed by atoms with Crippen molar-refractivity contribution < 1.29 is 17.9 Å². The molecule has 0 spiro atoms. The van der Waals surface area contributed by atoms with E-state index in [0.29, 0.717) is 17.9 Å². The lowest BCUT2D eigenvalue weighted by Gasteiger charge is -2.31. The topological polar surface area (TPSA) is 75.7 Å². The third kappa shape index (κ3) is 5.50. The second-order valence-corrected chi connectivity index (χ2v) is 9.12. The molecule has 2 aromatic rings. The monoisotopic (exact) mass is 418 g/mol. The largest absolute Gasteiger partial charge is 0.497 e. The third-order valence-corrected chi connectivity index (χ3v) is 6.21. The predicted molar refractivity (Wildman–Crippen MR) is 117 cm³/mol. The van der Waals surface area contributed by atoms with E-state index in [1.807, 2.05) is 39.0 Å². The Morgan fingerprint density at radius 3 is 2.38 bits per heavy atom. The molecule has 0 heterocycles. The summed E-state index contributed by atoms with van der Waals surface area (Å²) in [5.41, 5.74) is 3.70. The number of nitrogens with one attached hydrogen (secondary N) is 1. The molecule has 0 aromatic heterocycles. The molecule has 2 rings (SSSR count). The van der Waals surface area contributed by atoms with Gasteiger partial charge in [-0.05, 0) is 56.0 Å². The molecule has 29 heavy (non-hydrogen) atoms. The predicted octanol–water partition coefficient (Wildman–Crippen LogP) is 3.73. The minimum atomic E-state index is -3.70. The maximum absolute atomic E-state index is 13.1. The van der Waals surface area contributed by atoms with Gasteiger partial charge in [0.05, 0.1) is 25.1 Å². The number of sulfonamides is 1. The number of methoxy groups -OCH3 is 1. The van der Waals surface area contributed by atoms with E-state index in [-0.39, 0.29) is 11.9 Å². The van der Waals surface area contributed by atoms with Gasteiger partial charge in [0, 0.05) is 6.07 Å². The molecule has 0 aliphatic heterocycles. The second-order valence-electron chi connectivity index (χ2n) is 7.26. The van der Waals surface area contributed by atoms with Gasteiger partial charge in [-0.25, -0.2) is 8.42 Å². The molecule has 7 heteroatoms. The molecular formula is C22H30N2O4S. The van der Waals surface area contributed by atoms with Crippen LogP contribution in [-0.4, -0.2) is 33.7 Å². The lowest BCUT2D eigenvalue weighted by atomic mass is 10.0. The number of aryl methyl sites for hydroxylation is 2. The van der Waals surface area contributed by atoms with Gasteiger partial charge < -0.3 is 10.1 Å². The van der Waals surface area contributed by atoms with E-state index in [1.165, 1.54) is 12.7 Å². The molecule has 2 aromatic carbocycles. The maximum atomic E-state index is 13.1. The van der Waals surface area contributed by atoms with Crippen LogP contribution in [0.2, 0.25) is 0 Å². The van der Waals surface area contributed by atoms with E-state index in [0.717, 1.165) is 21.7 Å². The highest BCUT2D eigenvalue weighted by Crippen LogP contribution is 2.27. The molecule has 0 aliphatic carbocycles. The van der Waals surface area contributed by atoms with Crippen LogP contribution in [0.25, 0.3) is 0 Å². The summed E-state index contributed by atoms with van der Waals surface area (Å²) in [6, 6.07) is 11.6. The van der Waals surface area contributed by atoms with Crippen LogP contribution in [0.3, 0.4) is 0 Å². The van der Waals surface area contributed by atoms with Crippen molar-refractivity contribution in [3.63, 3.8) is 0 Å². The number of carbonyl (C=O) groups excluding carboxylic acids is 1. The third-order valence-electron chi connectivity index (χ3n) is 5.03. The zero-order valence-corrected chi connectivity index (χ0v) is 18.7. The van der Waals surface area contributed by atoms with Crippen molar-refractivity contribution in [1.82, 2.24) is 5.32 Å². The van der Waals surface area contributed by atoms with Gasteiger partial charge in [0.1, 0.15) is 11.8 Å². The molecule has 0 saturated carbocycles. The Bertz CT molecular complexity index is 973. The first-order chi connectivity index (χ1) is 13.6. The molecular weight excluding hydrogens is 388 g/mol. The normalized spacial score (nSPS) is 13.4. The van der Waals surface area contributed by atoms with Crippen molar-refractivity contribution in [2.75, 3.05) is 17.7 Å². The highest BCUT2D eigenvalue weighted by Gasteiger charge is 2.32. The van der Waals surface area contributed by atoms with E-state index >= 15 is 0 Å². The number of ether oxygens (including phenoxy) is 1. The molecule has 1 N–H and O–H groups in total. The van der Waals surface area contributed by atoms with Crippen LogP contribution in [0, 0.1) is 13.8 Å². The van der Waals surface area contributed by atoms with Crippen molar-refractivity contribution in [1.29, 1.82) is 0 Å². The average Bonchev–Trinajstić information content (AvgIpc) is 2.66. The molecule has 0 saturated heterocycles. The van der Waals surface area contributed by atoms with E-state index in [1.54, 1.807) is 31.2 Å². The fourth-order valence-corrected chi connectivity index (χ4v) is 4.44. The molecule has 2 atom stereocenters. The number of hydrogen-bond acceptors (Lipinski definition) is 4. The fraction of sp³-hybridized carbons (Fsp3) is 0.409. The zero-order valence-electron chi connectivity index (χ0n) is 17.9. The SMILES string of the molecule is CCC(C(=O)NC(C)c1ccc(C)c(C)c1)N(c1cccc(OC)c1)S(C)(=O)=O. The average molecular weight is 419 g/mol. The van der Waals surface area contributed by atoms with Crippen LogP contribution in [-0.2, 0) is 14.8 Å². The first-order valence-corrected chi connectivity index (χ1v) is 11.4. The Morgan fingerprint density at radius 2 is 1.83 bits per heavy atom. The van der Waals surface area contributed by atoms with Gasteiger partial charge in [0.25, 0.3) is 0 Å². The van der Waals surface area contributed by atoms with Gasteiger partial charge in [-0.15, -0.1) is 0 Å². The second kappa shape index (κ2) is 9.31. The van der Waals surface area contributed by atoms with Crippen molar-refractivity contribution in [2.45, 2.75) is 46.2 Å². The lowest BCUT2D eigenvalue weighted by Crippen LogP contribution is -2.49. The number of anilines is 1.